The van der Waals surface area contributed by atoms with Gasteiger partial charge >= 0.3 is 0 Å². The van der Waals surface area contributed by atoms with Crippen LogP contribution in [-0.2, 0) is 0 Å². The Kier molecular flexibility index (Phi) is 2.69. The van der Waals surface area contributed by atoms with Gasteiger partial charge in [-0.1, -0.05) is 0 Å². The highest BCUT2D eigenvalue weighted by Gasteiger charge is 2.01. The zero-order valence-electron chi connectivity index (χ0n) is 5.09. The highest BCUT2D eigenvalue weighted by molar-refractivity contribution is 5.98. The second kappa shape index (κ2) is 3.07. The van der Waals surface area contributed by atoms with E-state index >= 15 is 0 Å². The monoisotopic (exact) mass is 161 g/mol. The molecule has 0 atom stereocenters. The summed E-state index contributed by atoms with van der Waals surface area (Å²) in [5.74, 6) is 0.267. The lowest BCUT2D eigenvalue weighted by atomic mass is 10.3. The van der Waals surface area contributed by atoms with Crippen molar-refractivity contribution in [1.29, 1.82) is 5.41 Å². The molecule has 1 rings (SSSR count). The fourth-order valence-electron chi connectivity index (χ4n) is 0.511. The van der Waals surface area contributed by atoms with Crippen LogP contribution in [0.15, 0.2) is 6.20 Å². The SMILES string of the molecule is Cl.N=C(N)c1cn[nH]c1N. The molecule has 0 saturated heterocycles. The van der Waals surface area contributed by atoms with Gasteiger partial charge in [-0.05, 0) is 0 Å². The molecule has 56 valence electrons. The van der Waals surface area contributed by atoms with Crippen LogP contribution in [0.1, 0.15) is 5.56 Å². The van der Waals surface area contributed by atoms with Crippen molar-refractivity contribution < 1.29 is 0 Å². The van der Waals surface area contributed by atoms with Crippen molar-refractivity contribution in [1.82, 2.24) is 10.2 Å². The van der Waals surface area contributed by atoms with Gasteiger partial charge in [0.15, 0.2) is 0 Å². The summed E-state index contributed by atoms with van der Waals surface area (Å²) in [7, 11) is 0. The van der Waals surface area contributed by atoms with E-state index in [4.69, 9.17) is 16.9 Å². The Morgan fingerprint density at radius 2 is 2.30 bits per heavy atom. The molecule has 5 nitrogen and oxygen atoms in total. The molecule has 0 amide bonds. The quantitative estimate of drug-likeness (QED) is 0.336. The number of nitrogens with one attached hydrogen (secondary N) is 2. The summed E-state index contributed by atoms with van der Waals surface area (Å²) in [4.78, 5) is 0. The first-order valence-corrected chi connectivity index (χ1v) is 2.35. The summed E-state index contributed by atoms with van der Waals surface area (Å²) in [5, 5.41) is 13.0. The molecule has 6 N–H and O–H groups in total. The number of nitrogens with two attached hydrogens (primary N) is 2. The number of anilines is 1. The zero-order valence-corrected chi connectivity index (χ0v) is 5.90. The number of hydrogen-bond acceptors (Lipinski definition) is 3. The standard InChI is InChI=1S/C4H7N5.ClH/c5-3(6)2-1-8-9-4(2)7;/h1H,(H3,5,6)(H3,7,8,9);1H. The second-order valence-corrected chi connectivity index (χ2v) is 1.61. The van der Waals surface area contributed by atoms with Gasteiger partial charge in [0.25, 0.3) is 0 Å². The lowest BCUT2D eigenvalue weighted by Gasteiger charge is -1.90. The minimum absolute atomic E-state index is 0. The summed E-state index contributed by atoms with van der Waals surface area (Å²) >= 11 is 0. The molecule has 0 radical (unpaired) electrons. The summed E-state index contributed by atoms with van der Waals surface area (Å²) in [5.41, 5.74) is 10.9. The van der Waals surface area contributed by atoms with Crippen LogP contribution in [0.25, 0.3) is 0 Å². The van der Waals surface area contributed by atoms with Crippen molar-refractivity contribution in [2.24, 2.45) is 5.73 Å². The first-order valence-electron chi connectivity index (χ1n) is 2.35. The number of nitrogens with zero attached hydrogens (tertiary/aromatic N) is 1. The predicted octanol–water partition coefficient (Wildman–Crippen LogP) is -0.302. The molecular weight excluding hydrogens is 154 g/mol. The van der Waals surface area contributed by atoms with E-state index in [1.165, 1.54) is 6.20 Å². The topological polar surface area (TPSA) is 105 Å². The normalized spacial score (nSPS) is 8.40. The molecular formula is C4H8ClN5. The maximum absolute atomic E-state index is 6.93. The van der Waals surface area contributed by atoms with Crippen molar-refractivity contribution in [2.45, 2.75) is 0 Å². The third-order valence-electron chi connectivity index (χ3n) is 0.959. The minimum atomic E-state index is -0.0683. The molecule has 0 aliphatic carbocycles. The maximum atomic E-state index is 6.93. The fraction of sp³-hybridized carbons (Fsp3) is 0. The van der Waals surface area contributed by atoms with Crippen LogP contribution in [0.4, 0.5) is 5.82 Å². The van der Waals surface area contributed by atoms with Gasteiger partial charge in [0.05, 0.1) is 11.8 Å². The molecule has 0 fully saturated rings. The van der Waals surface area contributed by atoms with E-state index < -0.39 is 0 Å². The van der Waals surface area contributed by atoms with Gasteiger partial charge in [-0.2, -0.15) is 5.10 Å². The van der Waals surface area contributed by atoms with Gasteiger partial charge in [-0.25, -0.2) is 0 Å². The lowest BCUT2D eigenvalue weighted by Crippen LogP contribution is -2.11. The third kappa shape index (κ3) is 1.38. The largest absolute Gasteiger partial charge is 0.384 e. The summed E-state index contributed by atoms with van der Waals surface area (Å²) in [6.07, 6.45) is 1.41. The number of H-pyrrole nitrogens is 1. The molecule has 0 bridgehead atoms. The van der Waals surface area contributed by atoms with Crippen molar-refractivity contribution in [2.75, 3.05) is 5.73 Å². The van der Waals surface area contributed by atoms with Crippen LogP contribution in [0.2, 0.25) is 0 Å². The molecule has 1 heterocycles. The summed E-state index contributed by atoms with van der Waals surface area (Å²) < 4.78 is 0. The third-order valence-corrected chi connectivity index (χ3v) is 0.959. The molecule has 0 unspecified atom stereocenters. The van der Waals surface area contributed by atoms with Crippen LogP contribution in [0.3, 0.4) is 0 Å². The van der Waals surface area contributed by atoms with Gasteiger partial charge in [0.2, 0.25) is 0 Å². The van der Waals surface area contributed by atoms with Crippen LogP contribution >= 0.6 is 12.4 Å². The molecule has 1 aromatic heterocycles. The van der Waals surface area contributed by atoms with Crippen molar-refractivity contribution in [3.8, 4) is 0 Å². The predicted molar refractivity (Wildman–Crippen MR) is 41.3 cm³/mol. The van der Waals surface area contributed by atoms with Crippen molar-refractivity contribution in [3.63, 3.8) is 0 Å². The van der Waals surface area contributed by atoms with Crippen molar-refractivity contribution >= 4 is 24.1 Å². The number of amidine groups is 1. The Bertz CT molecular complexity index is 229. The summed E-state index contributed by atoms with van der Waals surface area (Å²) in [6, 6.07) is 0. The Labute approximate surface area is 63.7 Å². The lowest BCUT2D eigenvalue weighted by molar-refractivity contribution is 1.10. The molecule has 10 heavy (non-hydrogen) atoms. The average molecular weight is 162 g/mol. The van der Waals surface area contributed by atoms with Crippen LogP contribution in [0, 0.1) is 5.41 Å². The second-order valence-electron chi connectivity index (χ2n) is 1.61. The number of halogens is 1. The first kappa shape index (κ1) is 8.77. The van der Waals surface area contributed by atoms with E-state index in [9.17, 15) is 0 Å². The molecule has 6 heteroatoms. The van der Waals surface area contributed by atoms with E-state index in [2.05, 4.69) is 10.2 Å². The smallest absolute Gasteiger partial charge is 0.129 e. The highest BCUT2D eigenvalue weighted by Crippen LogP contribution is 2.02. The van der Waals surface area contributed by atoms with Gasteiger partial charge in [-0.15, -0.1) is 12.4 Å². The van der Waals surface area contributed by atoms with Crippen LogP contribution in [0.5, 0.6) is 0 Å². The van der Waals surface area contributed by atoms with Gasteiger partial charge in [-0.3, -0.25) is 10.5 Å². The van der Waals surface area contributed by atoms with Crippen molar-refractivity contribution in [3.05, 3.63) is 11.8 Å². The molecule has 1 aromatic rings. The van der Waals surface area contributed by atoms with E-state index in [0.29, 0.717) is 11.4 Å². The average Bonchev–Trinajstić information content (AvgIpc) is 2.13. The summed E-state index contributed by atoms with van der Waals surface area (Å²) in [6.45, 7) is 0. The maximum Gasteiger partial charge on any atom is 0.129 e. The van der Waals surface area contributed by atoms with Crippen LogP contribution in [-0.4, -0.2) is 16.0 Å². The Morgan fingerprint density at radius 3 is 2.50 bits per heavy atom. The first-order chi connectivity index (χ1) is 4.22. The number of rotatable bonds is 1. The minimum Gasteiger partial charge on any atom is -0.384 e. The zero-order chi connectivity index (χ0) is 6.85. The number of aromatic amines is 1. The van der Waals surface area contributed by atoms with Gasteiger partial charge in [0, 0.05) is 0 Å². The molecule has 0 aliphatic heterocycles. The van der Waals surface area contributed by atoms with E-state index in [-0.39, 0.29) is 18.2 Å². The Hall–Kier alpha value is -1.23. The number of nitrogen functional groups attached to an aromatic ring is 2. The van der Waals surface area contributed by atoms with E-state index in [0.717, 1.165) is 0 Å². The van der Waals surface area contributed by atoms with Gasteiger partial charge < -0.3 is 11.5 Å². The molecule has 0 aliphatic rings. The fourth-order valence-corrected chi connectivity index (χ4v) is 0.511. The Morgan fingerprint density at radius 1 is 1.70 bits per heavy atom. The van der Waals surface area contributed by atoms with Crippen LogP contribution < -0.4 is 11.5 Å². The van der Waals surface area contributed by atoms with Gasteiger partial charge in [0.1, 0.15) is 11.7 Å². The molecule has 0 spiro atoms. The number of aromatic nitrogens is 2. The highest BCUT2D eigenvalue weighted by atomic mass is 35.5. The van der Waals surface area contributed by atoms with E-state index in [1.807, 2.05) is 0 Å². The molecule has 0 aromatic carbocycles. The Balaban J connectivity index is 0.000000810. The molecule has 0 saturated carbocycles. The number of hydrogen-bond donors (Lipinski definition) is 4. The van der Waals surface area contributed by atoms with E-state index in [1.54, 1.807) is 0 Å².